The third kappa shape index (κ3) is 4.08. The predicted molar refractivity (Wildman–Crippen MR) is 124 cm³/mol. The van der Waals surface area contributed by atoms with Crippen LogP contribution in [0.3, 0.4) is 0 Å². The Bertz CT molecular complexity index is 1440. The van der Waals surface area contributed by atoms with Crippen molar-refractivity contribution in [1.29, 1.82) is 0 Å². The number of ether oxygens (including phenoxy) is 2. The molecule has 3 aromatic carbocycles. The van der Waals surface area contributed by atoms with Gasteiger partial charge in [-0.2, -0.15) is 0 Å². The largest absolute Gasteiger partial charge is 0.489 e. The van der Waals surface area contributed by atoms with Crippen molar-refractivity contribution in [2.45, 2.75) is 19.6 Å². The molecule has 0 spiro atoms. The van der Waals surface area contributed by atoms with Gasteiger partial charge in [0, 0.05) is 27.5 Å². The molecule has 0 aliphatic heterocycles. The van der Waals surface area contributed by atoms with E-state index in [2.05, 4.69) is 0 Å². The average Bonchev–Trinajstić information content (AvgIpc) is 3.51. The van der Waals surface area contributed by atoms with E-state index in [0.29, 0.717) is 12.4 Å². The summed E-state index contributed by atoms with van der Waals surface area (Å²) in [5, 5.41) is 11.6. The van der Waals surface area contributed by atoms with Crippen molar-refractivity contribution >= 4 is 27.9 Å². The van der Waals surface area contributed by atoms with Crippen LogP contribution in [0.5, 0.6) is 5.75 Å². The van der Waals surface area contributed by atoms with E-state index in [0.717, 1.165) is 49.8 Å². The minimum Gasteiger partial charge on any atom is -0.489 e. The number of aliphatic hydroxyl groups excluding tert-OH is 1. The fraction of sp³-hybridized carbons (Fsp3) is 0.148. The summed E-state index contributed by atoms with van der Waals surface area (Å²) in [6.45, 7) is 0.225. The van der Waals surface area contributed by atoms with Gasteiger partial charge in [0.2, 0.25) is 0 Å². The minimum atomic E-state index is -0.320. The van der Waals surface area contributed by atoms with Crippen LogP contribution in [0.25, 0.3) is 33.1 Å². The number of fused-ring (bicyclic) bond motifs is 2. The monoisotopic (exact) mass is 442 g/mol. The van der Waals surface area contributed by atoms with Crippen LogP contribution in [-0.2, 0) is 29.2 Å². The first-order valence-electron chi connectivity index (χ1n) is 10.6. The minimum absolute atomic E-state index is 0.0742. The summed E-state index contributed by atoms with van der Waals surface area (Å²) >= 11 is 0. The van der Waals surface area contributed by atoms with Crippen molar-refractivity contribution < 1.29 is 28.2 Å². The summed E-state index contributed by atoms with van der Waals surface area (Å²) in [4.78, 5) is 11.7. The van der Waals surface area contributed by atoms with E-state index < -0.39 is 0 Å². The smallest absolute Gasteiger partial charge is 0.310 e. The fourth-order valence-corrected chi connectivity index (χ4v) is 4.04. The van der Waals surface area contributed by atoms with Gasteiger partial charge in [0.15, 0.2) is 0 Å². The Balaban J connectivity index is 1.53. The highest BCUT2D eigenvalue weighted by atomic mass is 16.5. The standard InChI is InChI=1S/C27H22O6/c1-30-25(29)14-19-4-2-3-5-24(19)33-16-18-11-21-7-9-32-27(21)23(13-18)22-12-17(15-28)10-20-6-8-31-26(20)22/h2-13,28H,14-16H2,1H3. The molecule has 0 unspecified atom stereocenters. The normalized spacial score (nSPS) is 11.2. The van der Waals surface area contributed by atoms with Crippen molar-refractivity contribution in [2.24, 2.45) is 0 Å². The Labute approximate surface area is 190 Å². The number of para-hydroxylation sites is 1. The average molecular weight is 442 g/mol. The molecule has 0 fully saturated rings. The number of furan rings is 2. The zero-order valence-electron chi connectivity index (χ0n) is 18.0. The molecular formula is C27H22O6. The van der Waals surface area contributed by atoms with Gasteiger partial charge in [0.1, 0.15) is 23.5 Å². The van der Waals surface area contributed by atoms with E-state index in [1.165, 1.54) is 7.11 Å². The number of aliphatic hydroxyl groups is 1. The van der Waals surface area contributed by atoms with Crippen LogP contribution in [0, 0.1) is 0 Å². The highest BCUT2D eigenvalue weighted by molar-refractivity contribution is 6.01. The zero-order valence-corrected chi connectivity index (χ0v) is 18.0. The maximum atomic E-state index is 11.7. The number of rotatable bonds is 7. The number of carbonyl (C=O) groups excluding carboxylic acids is 1. The van der Waals surface area contributed by atoms with Gasteiger partial charge < -0.3 is 23.4 Å². The molecule has 0 amide bonds. The van der Waals surface area contributed by atoms with E-state index in [9.17, 15) is 9.90 Å². The van der Waals surface area contributed by atoms with Crippen molar-refractivity contribution in [2.75, 3.05) is 7.11 Å². The molecule has 5 rings (SSSR count). The molecule has 0 radical (unpaired) electrons. The SMILES string of the molecule is COC(=O)Cc1ccccc1OCc1cc(-c2cc(CO)cc3ccoc23)c2occc2c1. The van der Waals surface area contributed by atoms with Gasteiger partial charge >= 0.3 is 5.97 Å². The Hall–Kier alpha value is -4.03. The van der Waals surface area contributed by atoms with Crippen LogP contribution in [0.4, 0.5) is 0 Å². The number of benzene rings is 3. The number of esters is 1. The van der Waals surface area contributed by atoms with E-state index in [-0.39, 0.29) is 19.0 Å². The summed E-state index contributed by atoms with van der Waals surface area (Å²) in [6.07, 6.45) is 3.43. The Morgan fingerprint density at radius 2 is 1.52 bits per heavy atom. The molecule has 2 aromatic heterocycles. The molecular weight excluding hydrogens is 420 g/mol. The molecule has 0 saturated carbocycles. The van der Waals surface area contributed by atoms with Gasteiger partial charge in [-0.1, -0.05) is 18.2 Å². The zero-order chi connectivity index (χ0) is 22.8. The molecule has 2 heterocycles. The summed E-state index contributed by atoms with van der Waals surface area (Å²) in [7, 11) is 1.37. The van der Waals surface area contributed by atoms with E-state index in [4.69, 9.17) is 18.3 Å². The third-order valence-electron chi connectivity index (χ3n) is 5.62. The maximum Gasteiger partial charge on any atom is 0.310 e. The van der Waals surface area contributed by atoms with Gasteiger partial charge in [-0.25, -0.2) is 0 Å². The Kier molecular flexibility index (Phi) is 5.59. The van der Waals surface area contributed by atoms with Crippen molar-refractivity contribution in [3.05, 3.63) is 89.9 Å². The summed E-state index contributed by atoms with van der Waals surface area (Å²) in [5.41, 5.74) is 5.65. The first kappa shape index (κ1) is 20.8. The van der Waals surface area contributed by atoms with Crippen LogP contribution in [-0.4, -0.2) is 18.2 Å². The van der Waals surface area contributed by atoms with Crippen LogP contribution >= 0.6 is 0 Å². The highest BCUT2D eigenvalue weighted by Gasteiger charge is 2.16. The van der Waals surface area contributed by atoms with E-state index >= 15 is 0 Å². The number of hydrogen-bond donors (Lipinski definition) is 1. The first-order chi connectivity index (χ1) is 16.2. The molecule has 0 atom stereocenters. The van der Waals surface area contributed by atoms with Crippen molar-refractivity contribution in [3.63, 3.8) is 0 Å². The highest BCUT2D eigenvalue weighted by Crippen LogP contribution is 2.37. The fourth-order valence-electron chi connectivity index (χ4n) is 4.04. The molecule has 0 saturated heterocycles. The van der Waals surface area contributed by atoms with Crippen molar-refractivity contribution in [3.8, 4) is 16.9 Å². The summed E-state index contributed by atoms with van der Waals surface area (Å²) in [6, 6.07) is 19.1. The lowest BCUT2D eigenvalue weighted by molar-refractivity contribution is -0.139. The summed E-state index contributed by atoms with van der Waals surface area (Å²) in [5.74, 6) is 0.312. The second kappa shape index (κ2) is 8.84. The van der Waals surface area contributed by atoms with Gasteiger partial charge in [0.25, 0.3) is 0 Å². The van der Waals surface area contributed by atoms with Crippen molar-refractivity contribution in [1.82, 2.24) is 0 Å². The summed E-state index contributed by atoms with van der Waals surface area (Å²) < 4.78 is 22.5. The lowest BCUT2D eigenvalue weighted by Crippen LogP contribution is -2.06. The third-order valence-corrected chi connectivity index (χ3v) is 5.62. The predicted octanol–water partition coefficient (Wildman–Crippen LogP) is 5.63. The first-order valence-corrected chi connectivity index (χ1v) is 10.6. The van der Waals surface area contributed by atoms with Crippen LogP contribution in [0.15, 0.2) is 82.0 Å². The van der Waals surface area contributed by atoms with Crippen LogP contribution in [0.1, 0.15) is 16.7 Å². The second-order valence-corrected chi connectivity index (χ2v) is 7.77. The molecule has 5 aromatic rings. The molecule has 0 aliphatic carbocycles. The Morgan fingerprint density at radius 3 is 2.18 bits per heavy atom. The molecule has 6 nitrogen and oxygen atoms in total. The van der Waals surface area contributed by atoms with Crippen LogP contribution in [0.2, 0.25) is 0 Å². The number of carbonyl (C=O) groups is 1. The molecule has 1 N–H and O–H groups in total. The van der Waals surface area contributed by atoms with Gasteiger partial charge in [-0.05, 0) is 53.6 Å². The maximum absolute atomic E-state index is 11.7. The van der Waals surface area contributed by atoms with Crippen LogP contribution < -0.4 is 4.74 Å². The lowest BCUT2D eigenvalue weighted by atomic mass is 9.97. The number of methoxy groups -OCH3 is 1. The van der Waals surface area contributed by atoms with E-state index in [1.54, 1.807) is 12.5 Å². The van der Waals surface area contributed by atoms with Gasteiger partial charge in [0.05, 0.1) is 32.7 Å². The molecule has 0 aliphatic rings. The molecule has 166 valence electrons. The van der Waals surface area contributed by atoms with E-state index in [1.807, 2.05) is 60.7 Å². The topological polar surface area (TPSA) is 82.0 Å². The molecule has 0 bridgehead atoms. The molecule has 33 heavy (non-hydrogen) atoms. The molecule has 6 heteroatoms. The quantitative estimate of drug-likeness (QED) is 0.329. The second-order valence-electron chi connectivity index (χ2n) is 7.77. The van der Waals surface area contributed by atoms with Gasteiger partial charge in [-0.3, -0.25) is 4.79 Å². The van der Waals surface area contributed by atoms with Gasteiger partial charge in [-0.15, -0.1) is 0 Å². The number of hydrogen-bond acceptors (Lipinski definition) is 6. The Morgan fingerprint density at radius 1 is 0.879 bits per heavy atom. The lowest BCUT2D eigenvalue weighted by Gasteiger charge is -2.13.